The summed E-state index contributed by atoms with van der Waals surface area (Å²) in [5, 5.41) is 8.80. The quantitative estimate of drug-likeness (QED) is 0.895. The molecule has 1 aromatic rings. The van der Waals surface area contributed by atoms with Crippen molar-refractivity contribution in [1.82, 2.24) is 4.90 Å². The lowest BCUT2D eigenvalue weighted by molar-refractivity contribution is -0.137. The third-order valence-corrected chi connectivity index (χ3v) is 4.40. The number of carbonyl (C=O) groups is 1. The van der Waals surface area contributed by atoms with Crippen LogP contribution in [-0.2, 0) is 11.3 Å². The topological polar surface area (TPSA) is 40.5 Å². The molecule has 0 aliphatic carbocycles. The molecule has 1 saturated heterocycles. The number of hydrogen-bond donors (Lipinski definition) is 1. The second-order valence-electron chi connectivity index (χ2n) is 6.05. The lowest BCUT2D eigenvalue weighted by Crippen LogP contribution is -2.35. The van der Waals surface area contributed by atoms with Gasteiger partial charge in [0, 0.05) is 19.5 Å². The molecule has 1 aromatic carbocycles. The molecule has 0 saturated carbocycles. The predicted octanol–water partition coefficient (Wildman–Crippen LogP) is 3.38. The van der Waals surface area contributed by atoms with Crippen molar-refractivity contribution < 1.29 is 9.90 Å². The van der Waals surface area contributed by atoms with Crippen molar-refractivity contribution in [3.05, 3.63) is 34.9 Å². The van der Waals surface area contributed by atoms with Crippen LogP contribution in [-0.4, -0.2) is 29.1 Å². The second kappa shape index (κ2) is 6.89. The molecule has 3 nitrogen and oxygen atoms in total. The van der Waals surface area contributed by atoms with Crippen LogP contribution in [0.15, 0.2) is 18.2 Å². The fraction of sp³-hybridized carbons (Fsp3) is 0.588. The Balaban J connectivity index is 1.94. The SMILES string of the molecule is Cc1cccc(C)c1CN1CCCC(CCC(=O)O)C1. The van der Waals surface area contributed by atoms with Gasteiger partial charge < -0.3 is 5.11 Å². The average Bonchev–Trinajstić information content (AvgIpc) is 2.41. The Morgan fingerprint density at radius 3 is 2.70 bits per heavy atom. The van der Waals surface area contributed by atoms with Gasteiger partial charge in [0.25, 0.3) is 0 Å². The first-order valence-corrected chi connectivity index (χ1v) is 7.55. The van der Waals surface area contributed by atoms with E-state index in [4.69, 9.17) is 5.11 Å². The normalized spacial score (nSPS) is 20.0. The maximum absolute atomic E-state index is 10.7. The number of likely N-dealkylation sites (tertiary alicyclic amines) is 1. The highest BCUT2D eigenvalue weighted by atomic mass is 16.4. The van der Waals surface area contributed by atoms with Crippen LogP contribution >= 0.6 is 0 Å². The third kappa shape index (κ3) is 4.07. The minimum atomic E-state index is -0.670. The van der Waals surface area contributed by atoms with Gasteiger partial charge in [-0.25, -0.2) is 0 Å². The van der Waals surface area contributed by atoms with Crippen molar-refractivity contribution >= 4 is 5.97 Å². The van der Waals surface area contributed by atoms with Crippen LogP contribution in [0.5, 0.6) is 0 Å². The van der Waals surface area contributed by atoms with E-state index in [1.165, 1.54) is 29.5 Å². The molecule has 0 spiro atoms. The summed E-state index contributed by atoms with van der Waals surface area (Å²) in [6.45, 7) is 7.53. The molecule has 0 radical (unpaired) electrons. The second-order valence-corrected chi connectivity index (χ2v) is 6.05. The summed E-state index contributed by atoms with van der Waals surface area (Å²) in [6, 6.07) is 6.46. The van der Waals surface area contributed by atoms with Gasteiger partial charge in [0.1, 0.15) is 0 Å². The number of rotatable bonds is 5. The lowest BCUT2D eigenvalue weighted by Gasteiger charge is -2.33. The van der Waals surface area contributed by atoms with Crippen LogP contribution < -0.4 is 0 Å². The third-order valence-electron chi connectivity index (χ3n) is 4.40. The molecule has 0 amide bonds. The minimum Gasteiger partial charge on any atom is -0.481 e. The fourth-order valence-electron chi connectivity index (χ4n) is 3.18. The summed E-state index contributed by atoms with van der Waals surface area (Å²) in [5.74, 6) is -0.124. The predicted molar refractivity (Wildman–Crippen MR) is 80.8 cm³/mol. The maximum Gasteiger partial charge on any atom is 0.303 e. The zero-order valence-electron chi connectivity index (χ0n) is 12.6. The summed E-state index contributed by atoms with van der Waals surface area (Å²) in [4.78, 5) is 13.2. The number of carboxylic acid groups (broad SMARTS) is 1. The van der Waals surface area contributed by atoms with E-state index in [1.807, 2.05) is 0 Å². The smallest absolute Gasteiger partial charge is 0.303 e. The van der Waals surface area contributed by atoms with Crippen molar-refractivity contribution in [3.63, 3.8) is 0 Å². The first kappa shape index (κ1) is 15.0. The summed E-state index contributed by atoms with van der Waals surface area (Å²) in [5.41, 5.74) is 4.15. The molecule has 0 aromatic heterocycles. The van der Waals surface area contributed by atoms with Crippen molar-refractivity contribution in [2.45, 2.75) is 46.1 Å². The highest BCUT2D eigenvalue weighted by Gasteiger charge is 2.21. The van der Waals surface area contributed by atoms with E-state index in [-0.39, 0.29) is 0 Å². The molecular formula is C17H25NO2. The number of benzene rings is 1. The molecule has 1 aliphatic heterocycles. The highest BCUT2D eigenvalue weighted by Crippen LogP contribution is 2.24. The molecule has 1 unspecified atom stereocenters. The largest absolute Gasteiger partial charge is 0.481 e. The molecule has 20 heavy (non-hydrogen) atoms. The molecule has 3 heteroatoms. The zero-order valence-corrected chi connectivity index (χ0v) is 12.6. The Morgan fingerprint density at radius 2 is 2.05 bits per heavy atom. The van der Waals surface area contributed by atoms with Gasteiger partial charge in [-0.2, -0.15) is 0 Å². The van der Waals surface area contributed by atoms with Gasteiger partial charge in [-0.15, -0.1) is 0 Å². The van der Waals surface area contributed by atoms with Crippen molar-refractivity contribution in [2.75, 3.05) is 13.1 Å². The van der Waals surface area contributed by atoms with E-state index in [2.05, 4.69) is 36.9 Å². The van der Waals surface area contributed by atoms with Crippen molar-refractivity contribution in [2.24, 2.45) is 5.92 Å². The standard InChI is InChI=1S/C17H25NO2/c1-13-5-3-6-14(2)16(13)12-18-10-4-7-15(11-18)8-9-17(19)20/h3,5-6,15H,4,7-12H2,1-2H3,(H,19,20). The summed E-state index contributed by atoms with van der Waals surface area (Å²) >= 11 is 0. The van der Waals surface area contributed by atoms with E-state index >= 15 is 0 Å². The van der Waals surface area contributed by atoms with E-state index in [1.54, 1.807) is 0 Å². The molecule has 1 fully saturated rings. The molecule has 0 bridgehead atoms. The van der Waals surface area contributed by atoms with Crippen LogP contribution in [0.25, 0.3) is 0 Å². The van der Waals surface area contributed by atoms with Gasteiger partial charge in [-0.3, -0.25) is 9.69 Å². The first-order valence-electron chi connectivity index (χ1n) is 7.55. The Labute approximate surface area is 121 Å². The van der Waals surface area contributed by atoms with Gasteiger partial charge >= 0.3 is 5.97 Å². The van der Waals surface area contributed by atoms with E-state index in [0.29, 0.717) is 12.3 Å². The highest BCUT2D eigenvalue weighted by molar-refractivity contribution is 5.66. The average molecular weight is 275 g/mol. The number of piperidine rings is 1. The van der Waals surface area contributed by atoms with Gasteiger partial charge in [0.2, 0.25) is 0 Å². The van der Waals surface area contributed by atoms with Crippen LogP contribution in [0.2, 0.25) is 0 Å². The van der Waals surface area contributed by atoms with Gasteiger partial charge in [-0.1, -0.05) is 18.2 Å². The zero-order chi connectivity index (χ0) is 14.5. The summed E-state index contributed by atoms with van der Waals surface area (Å²) in [6.07, 6.45) is 3.49. The number of carboxylic acids is 1. The number of aliphatic carboxylic acids is 1. The van der Waals surface area contributed by atoms with E-state index < -0.39 is 5.97 Å². The first-order chi connectivity index (χ1) is 9.56. The summed E-state index contributed by atoms with van der Waals surface area (Å²) in [7, 11) is 0. The molecule has 110 valence electrons. The molecule has 1 atom stereocenters. The van der Waals surface area contributed by atoms with E-state index in [0.717, 1.165) is 26.1 Å². The van der Waals surface area contributed by atoms with Crippen LogP contribution in [0, 0.1) is 19.8 Å². The molecule has 2 rings (SSSR count). The van der Waals surface area contributed by atoms with Gasteiger partial charge in [0.15, 0.2) is 0 Å². The van der Waals surface area contributed by atoms with Crippen LogP contribution in [0.3, 0.4) is 0 Å². The van der Waals surface area contributed by atoms with Crippen molar-refractivity contribution in [1.29, 1.82) is 0 Å². The monoisotopic (exact) mass is 275 g/mol. The lowest BCUT2D eigenvalue weighted by atomic mass is 9.92. The van der Waals surface area contributed by atoms with Crippen molar-refractivity contribution in [3.8, 4) is 0 Å². The van der Waals surface area contributed by atoms with E-state index in [9.17, 15) is 4.79 Å². The number of aryl methyl sites for hydroxylation is 2. The van der Waals surface area contributed by atoms with Crippen LogP contribution in [0.1, 0.15) is 42.4 Å². The van der Waals surface area contributed by atoms with Crippen LogP contribution in [0.4, 0.5) is 0 Å². The fourth-order valence-corrected chi connectivity index (χ4v) is 3.18. The molecular weight excluding hydrogens is 250 g/mol. The minimum absolute atomic E-state index is 0.307. The number of nitrogens with zero attached hydrogens (tertiary/aromatic N) is 1. The Hall–Kier alpha value is -1.35. The molecule has 1 N–H and O–H groups in total. The molecule has 1 aliphatic rings. The Morgan fingerprint density at radius 1 is 1.35 bits per heavy atom. The Kier molecular flexibility index (Phi) is 5.18. The maximum atomic E-state index is 10.7. The van der Waals surface area contributed by atoms with Gasteiger partial charge in [0.05, 0.1) is 0 Å². The number of hydrogen-bond acceptors (Lipinski definition) is 2. The molecule has 1 heterocycles. The Bertz CT molecular complexity index is 450. The summed E-state index contributed by atoms with van der Waals surface area (Å²) < 4.78 is 0. The van der Waals surface area contributed by atoms with Gasteiger partial charge in [-0.05, 0) is 62.3 Å².